The summed E-state index contributed by atoms with van der Waals surface area (Å²) in [5.74, 6) is 0.154. The summed E-state index contributed by atoms with van der Waals surface area (Å²) in [5.41, 5.74) is 7.56. The molecule has 0 saturated heterocycles. The van der Waals surface area contributed by atoms with Crippen molar-refractivity contribution in [2.24, 2.45) is 0 Å². The van der Waals surface area contributed by atoms with Crippen molar-refractivity contribution in [2.75, 3.05) is 5.73 Å². The van der Waals surface area contributed by atoms with Gasteiger partial charge in [-0.15, -0.1) is 0 Å². The van der Waals surface area contributed by atoms with Gasteiger partial charge in [-0.05, 0) is 18.2 Å². The zero-order valence-corrected chi connectivity index (χ0v) is 9.70. The lowest BCUT2D eigenvalue weighted by Gasteiger charge is -2.00. The van der Waals surface area contributed by atoms with Crippen LogP contribution in [0.15, 0.2) is 45.8 Å². The van der Waals surface area contributed by atoms with E-state index in [1.807, 2.05) is 6.07 Å². The highest BCUT2D eigenvalue weighted by atomic mass is 16.5. The first-order valence-electron chi connectivity index (χ1n) is 5.48. The van der Waals surface area contributed by atoms with Gasteiger partial charge in [-0.3, -0.25) is 9.78 Å². The van der Waals surface area contributed by atoms with Crippen molar-refractivity contribution in [1.29, 1.82) is 0 Å². The van der Waals surface area contributed by atoms with E-state index in [4.69, 9.17) is 10.3 Å². The number of hydrogen-bond donors (Lipinski definition) is 2. The largest absolute Gasteiger partial charge is 0.367 e. The monoisotopic (exact) mass is 255 g/mol. The lowest BCUT2D eigenvalue weighted by Crippen LogP contribution is -2.06. The zero-order valence-electron chi connectivity index (χ0n) is 9.70. The van der Waals surface area contributed by atoms with Gasteiger partial charge in [-0.25, -0.2) is 5.10 Å². The highest BCUT2D eigenvalue weighted by Crippen LogP contribution is 2.33. The van der Waals surface area contributed by atoms with Crippen LogP contribution < -0.4 is 11.3 Å². The number of H-pyrrole nitrogens is 1. The van der Waals surface area contributed by atoms with Crippen molar-refractivity contribution < 1.29 is 4.52 Å². The lowest BCUT2D eigenvalue weighted by atomic mass is 10.1. The normalized spacial score (nSPS) is 10.5. The molecule has 0 spiro atoms. The number of nitrogen functional groups attached to an aromatic ring is 1. The van der Waals surface area contributed by atoms with Crippen LogP contribution in [0, 0.1) is 0 Å². The highest BCUT2D eigenvalue weighted by Gasteiger charge is 2.19. The number of aromatic amines is 1. The predicted molar refractivity (Wildman–Crippen MR) is 68.0 cm³/mol. The number of hydrogen-bond acceptors (Lipinski definition) is 6. The van der Waals surface area contributed by atoms with E-state index >= 15 is 0 Å². The predicted octanol–water partition coefficient (Wildman–Crippen LogP) is 1.07. The average Bonchev–Trinajstić information content (AvgIpc) is 2.82. The molecule has 0 aliphatic heterocycles. The number of rotatable bonds is 2. The molecule has 19 heavy (non-hydrogen) atoms. The molecule has 3 heterocycles. The van der Waals surface area contributed by atoms with Gasteiger partial charge in [0.1, 0.15) is 11.4 Å². The van der Waals surface area contributed by atoms with E-state index in [1.165, 1.54) is 6.07 Å². The fraction of sp³-hybridized carbons (Fsp3) is 0. The van der Waals surface area contributed by atoms with E-state index in [9.17, 15) is 4.79 Å². The Morgan fingerprint density at radius 1 is 1.16 bits per heavy atom. The molecule has 0 aliphatic rings. The van der Waals surface area contributed by atoms with E-state index in [1.54, 1.807) is 24.4 Å². The molecule has 3 aromatic rings. The van der Waals surface area contributed by atoms with Crippen LogP contribution in [-0.4, -0.2) is 20.3 Å². The van der Waals surface area contributed by atoms with Crippen LogP contribution in [0.25, 0.3) is 22.6 Å². The van der Waals surface area contributed by atoms with Crippen LogP contribution in [0.2, 0.25) is 0 Å². The van der Waals surface area contributed by atoms with Crippen molar-refractivity contribution >= 4 is 5.88 Å². The molecular formula is C12H9N5O2. The molecule has 0 aliphatic carbocycles. The molecule has 0 unspecified atom stereocenters. The van der Waals surface area contributed by atoms with Gasteiger partial charge in [-0.1, -0.05) is 11.2 Å². The van der Waals surface area contributed by atoms with Gasteiger partial charge in [0.2, 0.25) is 5.88 Å². The van der Waals surface area contributed by atoms with E-state index < -0.39 is 0 Å². The van der Waals surface area contributed by atoms with Gasteiger partial charge < -0.3 is 10.3 Å². The van der Waals surface area contributed by atoms with Crippen LogP contribution in [-0.2, 0) is 0 Å². The quantitative estimate of drug-likeness (QED) is 0.708. The molecule has 3 aromatic heterocycles. The number of aromatic nitrogens is 4. The van der Waals surface area contributed by atoms with Crippen LogP contribution in [0.4, 0.5) is 5.88 Å². The Kier molecular flexibility index (Phi) is 2.57. The van der Waals surface area contributed by atoms with Crippen LogP contribution in [0.3, 0.4) is 0 Å². The molecule has 0 atom stereocenters. The number of anilines is 1. The second kappa shape index (κ2) is 4.37. The molecule has 0 fully saturated rings. The summed E-state index contributed by atoms with van der Waals surface area (Å²) < 4.78 is 4.99. The molecule has 3 N–H and O–H groups in total. The maximum Gasteiger partial charge on any atom is 0.264 e. The SMILES string of the molecule is Nc1onc(-c2ccc(=O)[nH]n2)c1-c1ccccn1. The zero-order chi connectivity index (χ0) is 13.2. The summed E-state index contributed by atoms with van der Waals surface area (Å²) >= 11 is 0. The summed E-state index contributed by atoms with van der Waals surface area (Å²) in [6.45, 7) is 0. The van der Waals surface area contributed by atoms with Gasteiger partial charge in [0.05, 0.1) is 11.3 Å². The average molecular weight is 255 g/mol. The van der Waals surface area contributed by atoms with Crippen LogP contribution >= 0.6 is 0 Å². The van der Waals surface area contributed by atoms with Crippen LogP contribution in [0.1, 0.15) is 0 Å². The van der Waals surface area contributed by atoms with Gasteiger partial charge in [0.25, 0.3) is 5.56 Å². The molecule has 0 aromatic carbocycles. The molecule has 94 valence electrons. The fourth-order valence-electron chi connectivity index (χ4n) is 1.71. The first-order valence-corrected chi connectivity index (χ1v) is 5.48. The summed E-state index contributed by atoms with van der Waals surface area (Å²) in [7, 11) is 0. The molecule has 0 amide bonds. The second-order valence-electron chi connectivity index (χ2n) is 3.79. The van der Waals surface area contributed by atoms with Crippen molar-refractivity contribution in [1.82, 2.24) is 20.3 Å². The molecule has 7 nitrogen and oxygen atoms in total. The Balaban J connectivity index is 2.19. The van der Waals surface area contributed by atoms with Gasteiger partial charge in [-0.2, -0.15) is 5.10 Å². The van der Waals surface area contributed by atoms with Gasteiger partial charge in [0, 0.05) is 12.3 Å². The maximum atomic E-state index is 11.0. The first-order chi connectivity index (χ1) is 9.25. The minimum absolute atomic E-state index is 0.154. The molecule has 3 rings (SSSR count). The van der Waals surface area contributed by atoms with E-state index in [0.717, 1.165) is 0 Å². The minimum atomic E-state index is -0.292. The highest BCUT2D eigenvalue weighted by molar-refractivity contribution is 5.83. The number of pyridine rings is 1. The van der Waals surface area contributed by atoms with Gasteiger partial charge in [0.15, 0.2) is 0 Å². The summed E-state index contributed by atoms with van der Waals surface area (Å²) in [4.78, 5) is 15.2. The summed E-state index contributed by atoms with van der Waals surface area (Å²) in [5, 5.41) is 10.1. The maximum absolute atomic E-state index is 11.0. The van der Waals surface area contributed by atoms with E-state index in [2.05, 4.69) is 20.3 Å². The summed E-state index contributed by atoms with van der Waals surface area (Å²) in [6, 6.07) is 8.32. The van der Waals surface area contributed by atoms with Gasteiger partial charge >= 0.3 is 0 Å². The van der Waals surface area contributed by atoms with Crippen molar-refractivity contribution in [3.63, 3.8) is 0 Å². The second-order valence-corrected chi connectivity index (χ2v) is 3.79. The Hall–Kier alpha value is -2.96. The van der Waals surface area contributed by atoms with Crippen LogP contribution in [0.5, 0.6) is 0 Å². The third-order valence-corrected chi connectivity index (χ3v) is 2.56. The standard InChI is InChI=1S/C12H9N5O2/c13-12-10(7-3-1-2-6-14-7)11(17-19-12)8-4-5-9(18)16-15-8/h1-6H,13H2,(H,16,18). The number of nitrogens with two attached hydrogens (primary N) is 1. The lowest BCUT2D eigenvalue weighted by molar-refractivity contribution is 0.439. The smallest absolute Gasteiger partial charge is 0.264 e. The van der Waals surface area contributed by atoms with Crippen molar-refractivity contribution in [2.45, 2.75) is 0 Å². The van der Waals surface area contributed by atoms with E-state index in [-0.39, 0.29) is 11.4 Å². The van der Waals surface area contributed by atoms with E-state index in [0.29, 0.717) is 22.6 Å². The third kappa shape index (κ3) is 1.97. The molecule has 0 bridgehead atoms. The van der Waals surface area contributed by atoms with Crippen molar-refractivity contribution in [3.05, 3.63) is 46.9 Å². The molecule has 0 radical (unpaired) electrons. The Morgan fingerprint density at radius 3 is 2.74 bits per heavy atom. The summed E-state index contributed by atoms with van der Waals surface area (Å²) in [6.07, 6.45) is 1.64. The fourth-order valence-corrected chi connectivity index (χ4v) is 1.71. The Labute approximate surface area is 107 Å². The first kappa shape index (κ1) is 11.1. The number of nitrogens with zero attached hydrogens (tertiary/aromatic N) is 3. The topological polar surface area (TPSA) is 111 Å². The molecule has 7 heteroatoms. The molecule has 0 saturated carbocycles. The third-order valence-electron chi connectivity index (χ3n) is 2.56. The van der Waals surface area contributed by atoms with Crippen molar-refractivity contribution in [3.8, 4) is 22.6 Å². The number of nitrogens with one attached hydrogen (secondary N) is 1. The Morgan fingerprint density at radius 2 is 2.05 bits per heavy atom. The Bertz CT molecular complexity index is 743. The molecular weight excluding hydrogens is 246 g/mol. The minimum Gasteiger partial charge on any atom is -0.367 e.